The van der Waals surface area contributed by atoms with Crippen LogP contribution < -0.4 is 0 Å². The van der Waals surface area contributed by atoms with Crippen LogP contribution in [0.15, 0.2) is 24.3 Å². The van der Waals surface area contributed by atoms with Crippen LogP contribution in [0.4, 0.5) is 4.39 Å². The lowest BCUT2D eigenvalue weighted by atomic mass is 10.0. The Balaban J connectivity index is 2.51. The summed E-state index contributed by atoms with van der Waals surface area (Å²) >= 11 is 12.4. The molecule has 20 heavy (non-hydrogen) atoms. The molecule has 0 saturated heterocycles. The van der Waals surface area contributed by atoms with Gasteiger partial charge in [0.2, 0.25) is 0 Å². The Morgan fingerprint density at radius 3 is 2.20 bits per heavy atom. The SMILES string of the molecule is CCC(CC)c1nc(Cl)c(-c2cccc(F)c2)c(Cl)n1. The van der Waals surface area contributed by atoms with Gasteiger partial charge >= 0.3 is 0 Å². The van der Waals surface area contributed by atoms with Crippen molar-refractivity contribution in [2.24, 2.45) is 0 Å². The third-order valence-electron chi connectivity index (χ3n) is 3.30. The van der Waals surface area contributed by atoms with E-state index in [1.807, 2.05) is 0 Å². The summed E-state index contributed by atoms with van der Waals surface area (Å²) in [6.45, 7) is 4.14. The van der Waals surface area contributed by atoms with E-state index in [4.69, 9.17) is 23.2 Å². The Hall–Kier alpha value is -1.19. The van der Waals surface area contributed by atoms with E-state index in [2.05, 4.69) is 23.8 Å². The lowest BCUT2D eigenvalue weighted by Crippen LogP contribution is -2.04. The summed E-state index contributed by atoms with van der Waals surface area (Å²) in [7, 11) is 0. The maximum absolute atomic E-state index is 13.3. The first kappa shape index (κ1) is 15.2. The summed E-state index contributed by atoms with van der Waals surface area (Å²) in [6.07, 6.45) is 1.84. The lowest BCUT2D eigenvalue weighted by molar-refractivity contribution is 0.602. The van der Waals surface area contributed by atoms with Crippen molar-refractivity contribution in [2.45, 2.75) is 32.6 Å². The Bertz CT molecular complexity index is 590. The smallest absolute Gasteiger partial charge is 0.142 e. The molecule has 0 atom stereocenters. The second-order valence-corrected chi connectivity index (χ2v) is 5.28. The first-order valence-corrected chi connectivity index (χ1v) is 7.31. The van der Waals surface area contributed by atoms with Crippen molar-refractivity contribution >= 4 is 23.2 Å². The minimum Gasteiger partial charge on any atom is -0.220 e. The molecular weight excluding hydrogens is 298 g/mol. The van der Waals surface area contributed by atoms with Crippen LogP contribution in [0, 0.1) is 5.82 Å². The van der Waals surface area contributed by atoms with Crippen molar-refractivity contribution in [3.8, 4) is 11.1 Å². The largest absolute Gasteiger partial charge is 0.220 e. The molecule has 106 valence electrons. The van der Waals surface area contributed by atoms with Gasteiger partial charge in [0, 0.05) is 5.92 Å². The fourth-order valence-electron chi connectivity index (χ4n) is 2.14. The standard InChI is InChI=1S/C15H15Cl2FN2/c1-3-9(4-2)15-19-13(16)12(14(17)20-15)10-6-5-7-11(18)8-10/h5-9H,3-4H2,1-2H3. The minimum absolute atomic E-state index is 0.228. The van der Waals surface area contributed by atoms with E-state index in [1.165, 1.54) is 12.1 Å². The maximum Gasteiger partial charge on any atom is 0.142 e. The second-order valence-electron chi connectivity index (χ2n) is 4.56. The summed E-state index contributed by atoms with van der Waals surface area (Å²) in [5.74, 6) is 0.524. The Kier molecular flexibility index (Phi) is 4.95. The summed E-state index contributed by atoms with van der Waals surface area (Å²) < 4.78 is 13.3. The highest BCUT2D eigenvalue weighted by molar-refractivity contribution is 6.37. The number of aromatic nitrogens is 2. The topological polar surface area (TPSA) is 25.8 Å². The van der Waals surface area contributed by atoms with Crippen molar-refractivity contribution in [1.82, 2.24) is 9.97 Å². The van der Waals surface area contributed by atoms with E-state index in [0.717, 1.165) is 12.8 Å². The molecule has 0 amide bonds. The van der Waals surface area contributed by atoms with Gasteiger partial charge in [-0.1, -0.05) is 49.2 Å². The quantitative estimate of drug-likeness (QED) is 0.697. The molecule has 2 aromatic rings. The molecule has 2 nitrogen and oxygen atoms in total. The van der Waals surface area contributed by atoms with Gasteiger partial charge in [-0.2, -0.15) is 0 Å². The molecule has 1 heterocycles. The van der Waals surface area contributed by atoms with E-state index < -0.39 is 0 Å². The van der Waals surface area contributed by atoms with Gasteiger partial charge in [0.1, 0.15) is 21.9 Å². The first-order valence-electron chi connectivity index (χ1n) is 6.55. The van der Waals surface area contributed by atoms with E-state index >= 15 is 0 Å². The molecule has 1 aromatic heterocycles. The number of nitrogens with zero attached hydrogens (tertiary/aromatic N) is 2. The van der Waals surface area contributed by atoms with Gasteiger partial charge in [-0.05, 0) is 30.5 Å². The second kappa shape index (κ2) is 6.51. The average molecular weight is 313 g/mol. The van der Waals surface area contributed by atoms with Gasteiger partial charge in [0.15, 0.2) is 0 Å². The molecular formula is C15H15Cl2FN2. The van der Waals surface area contributed by atoms with Crippen LogP contribution in [0.3, 0.4) is 0 Å². The van der Waals surface area contributed by atoms with Crippen molar-refractivity contribution < 1.29 is 4.39 Å². The van der Waals surface area contributed by atoms with E-state index in [0.29, 0.717) is 17.0 Å². The van der Waals surface area contributed by atoms with Crippen LogP contribution in [0.25, 0.3) is 11.1 Å². The summed E-state index contributed by atoms with van der Waals surface area (Å²) in [5, 5.41) is 0.523. The van der Waals surface area contributed by atoms with Crippen LogP contribution in [-0.4, -0.2) is 9.97 Å². The van der Waals surface area contributed by atoms with Crippen LogP contribution >= 0.6 is 23.2 Å². The van der Waals surface area contributed by atoms with Crippen LogP contribution in [0.5, 0.6) is 0 Å². The molecule has 0 bridgehead atoms. The van der Waals surface area contributed by atoms with E-state index in [9.17, 15) is 4.39 Å². The molecule has 0 aliphatic rings. The molecule has 0 radical (unpaired) electrons. The molecule has 0 aliphatic heterocycles. The first-order chi connectivity index (χ1) is 9.56. The van der Waals surface area contributed by atoms with Gasteiger partial charge in [-0.3, -0.25) is 0 Å². The van der Waals surface area contributed by atoms with Crippen molar-refractivity contribution in [3.63, 3.8) is 0 Å². The normalized spacial score (nSPS) is 11.1. The molecule has 2 rings (SSSR count). The molecule has 0 aliphatic carbocycles. The third-order valence-corrected chi connectivity index (χ3v) is 3.85. The van der Waals surface area contributed by atoms with Crippen LogP contribution in [0.2, 0.25) is 10.3 Å². The highest BCUT2D eigenvalue weighted by atomic mass is 35.5. The fourth-order valence-corrected chi connectivity index (χ4v) is 2.76. The number of benzene rings is 1. The third kappa shape index (κ3) is 3.10. The average Bonchev–Trinajstić information content (AvgIpc) is 2.39. The summed E-state index contributed by atoms with van der Waals surface area (Å²) in [6, 6.07) is 6.07. The molecule has 1 aromatic carbocycles. The number of hydrogen-bond donors (Lipinski definition) is 0. The lowest BCUT2D eigenvalue weighted by Gasteiger charge is -2.14. The molecule has 5 heteroatoms. The van der Waals surface area contributed by atoms with Crippen molar-refractivity contribution in [3.05, 3.63) is 46.2 Å². The van der Waals surface area contributed by atoms with Crippen molar-refractivity contribution in [2.75, 3.05) is 0 Å². The number of rotatable bonds is 4. The van der Waals surface area contributed by atoms with Gasteiger partial charge in [0.25, 0.3) is 0 Å². The maximum atomic E-state index is 13.3. The van der Waals surface area contributed by atoms with Crippen LogP contribution in [-0.2, 0) is 0 Å². The zero-order valence-electron chi connectivity index (χ0n) is 11.3. The van der Waals surface area contributed by atoms with E-state index in [-0.39, 0.29) is 22.0 Å². The Morgan fingerprint density at radius 1 is 1.10 bits per heavy atom. The highest BCUT2D eigenvalue weighted by Crippen LogP contribution is 2.34. The Morgan fingerprint density at radius 2 is 1.70 bits per heavy atom. The monoisotopic (exact) mass is 312 g/mol. The summed E-state index contributed by atoms with van der Waals surface area (Å²) in [4.78, 5) is 8.66. The molecule has 0 fully saturated rings. The number of halogens is 3. The zero-order valence-corrected chi connectivity index (χ0v) is 12.8. The van der Waals surface area contributed by atoms with Gasteiger partial charge in [-0.15, -0.1) is 0 Å². The van der Waals surface area contributed by atoms with Crippen LogP contribution in [0.1, 0.15) is 38.4 Å². The predicted molar refractivity (Wildman–Crippen MR) is 80.8 cm³/mol. The van der Waals surface area contributed by atoms with Gasteiger partial charge in [-0.25, -0.2) is 14.4 Å². The molecule has 0 saturated carbocycles. The van der Waals surface area contributed by atoms with Gasteiger partial charge in [0.05, 0.1) is 5.56 Å². The molecule has 0 N–H and O–H groups in total. The minimum atomic E-state index is -0.348. The summed E-state index contributed by atoms with van der Waals surface area (Å²) in [5.41, 5.74) is 1.05. The molecule has 0 unspecified atom stereocenters. The zero-order chi connectivity index (χ0) is 14.7. The van der Waals surface area contributed by atoms with Gasteiger partial charge < -0.3 is 0 Å². The fraction of sp³-hybridized carbons (Fsp3) is 0.333. The molecule has 0 spiro atoms. The highest BCUT2D eigenvalue weighted by Gasteiger charge is 2.18. The van der Waals surface area contributed by atoms with Crippen molar-refractivity contribution in [1.29, 1.82) is 0 Å². The predicted octanol–water partition coefficient (Wildman–Crippen LogP) is 5.49. The Labute approximate surface area is 128 Å². The van der Waals surface area contributed by atoms with E-state index in [1.54, 1.807) is 12.1 Å². The number of hydrogen-bond acceptors (Lipinski definition) is 2.